The maximum Gasteiger partial charge on any atom is 0.309 e. The molecule has 0 spiro atoms. The van der Waals surface area contributed by atoms with E-state index in [4.69, 9.17) is 32.4 Å². The number of nitrogens with zero attached hydrogens (tertiary/aromatic N) is 1. The minimum Gasteiger partial charge on any atom is -0.459 e. The largest absolute Gasteiger partial charge is 0.459 e. The molecule has 1 fully saturated rings. The number of carbonyl (C=O) groups is 3. The lowest BCUT2D eigenvalue weighted by Crippen LogP contribution is -2.40. The van der Waals surface area contributed by atoms with Gasteiger partial charge in [-0.05, 0) is 37.1 Å². The standard InChI is InChI=1S/C19H18Cl2N2O5/c20-13-3-1-4-14(17(13)21)22-16(24)11-28-19(26)12-6-8-23(9-7-12)18(25)15-5-2-10-27-15/h1-5,10,12H,6-9,11H2,(H,22,24). The van der Waals surface area contributed by atoms with Crippen molar-refractivity contribution in [3.8, 4) is 0 Å². The second-order valence-electron chi connectivity index (χ2n) is 6.30. The summed E-state index contributed by atoms with van der Waals surface area (Å²) in [5.41, 5.74) is 0.347. The molecule has 148 valence electrons. The van der Waals surface area contributed by atoms with Crippen LogP contribution in [0.3, 0.4) is 0 Å². The molecule has 1 saturated heterocycles. The molecule has 1 N–H and O–H groups in total. The summed E-state index contributed by atoms with van der Waals surface area (Å²) in [6, 6.07) is 8.10. The highest BCUT2D eigenvalue weighted by Gasteiger charge is 2.30. The van der Waals surface area contributed by atoms with Gasteiger partial charge in [0.2, 0.25) is 0 Å². The Kier molecular flexibility index (Phi) is 6.59. The summed E-state index contributed by atoms with van der Waals surface area (Å²) in [5.74, 6) is -1.25. The van der Waals surface area contributed by atoms with E-state index < -0.39 is 18.5 Å². The van der Waals surface area contributed by atoms with E-state index in [0.29, 0.717) is 36.6 Å². The fraction of sp³-hybridized carbons (Fsp3) is 0.316. The summed E-state index contributed by atoms with van der Waals surface area (Å²) in [6.07, 6.45) is 2.37. The zero-order chi connectivity index (χ0) is 20.1. The van der Waals surface area contributed by atoms with E-state index in [2.05, 4.69) is 5.32 Å². The van der Waals surface area contributed by atoms with Crippen molar-refractivity contribution in [1.82, 2.24) is 4.90 Å². The maximum absolute atomic E-state index is 12.2. The molecule has 1 aromatic carbocycles. The monoisotopic (exact) mass is 424 g/mol. The van der Waals surface area contributed by atoms with Gasteiger partial charge in [-0.2, -0.15) is 0 Å². The van der Waals surface area contributed by atoms with E-state index in [9.17, 15) is 14.4 Å². The zero-order valence-electron chi connectivity index (χ0n) is 14.8. The molecule has 0 aliphatic carbocycles. The topological polar surface area (TPSA) is 88.9 Å². The number of benzene rings is 1. The van der Waals surface area contributed by atoms with Gasteiger partial charge in [0.25, 0.3) is 11.8 Å². The Morgan fingerprint density at radius 3 is 2.57 bits per heavy atom. The molecule has 28 heavy (non-hydrogen) atoms. The number of ether oxygens (including phenoxy) is 1. The van der Waals surface area contributed by atoms with E-state index in [0.717, 1.165) is 0 Å². The third kappa shape index (κ3) is 4.85. The summed E-state index contributed by atoms with van der Waals surface area (Å²) in [6.45, 7) is 0.417. The van der Waals surface area contributed by atoms with Crippen molar-refractivity contribution in [3.63, 3.8) is 0 Å². The van der Waals surface area contributed by atoms with Gasteiger partial charge in [-0.25, -0.2) is 0 Å². The zero-order valence-corrected chi connectivity index (χ0v) is 16.3. The van der Waals surface area contributed by atoms with Gasteiger partial charge in [0, 0.05) is 13.1 Å². The van der Waals surface area contributed by atoms with Crippen LogP contribution in [0.2, 0.25) is 10.0 Å². The SMILES string of the molecule is O=C(COC(=O)C1CCN(C(=O)c2ccco2)CC1)Nc1cccc(Cl)c1Cl. The van der Waals surface area contributed by atoms with Crippen LogP contribution in [-0.2, 0) is 14.3 Å². The van der Waals surface area contributed by atoms with Gasteiger partial charge in [0.05, 0.1) is 27.9 Å². The predicted molar refractivity (Wildman–Crippen MR) is 103 cm³/mol. The van der Waals surface area contributed by atoms with Crippen LogP contribution < -0.4 is 5.32 Å². The van der Waals surface area contributed by atoms with Gasteiger partial charge < -0.3 is 19.4 Å². The Morgan fingerprint density at radius 2 is 1.89 bits per heavy atom. The Morgan fingerprint density at radius 1 is 1.14 bits per heavy atom. The van der Waals surface area contributed by atoms with Gasteiger partial charge >= 0.3 is 5.97 Å². The van der Waals surface area contributed by atoms with E-state index in [1.54, 1.807) is 35.2 Å². The highest BCUT2D eigenvalue weighted by atomic mass is 35.5. The second-order valence-corrected chi connectivity index (χ2v) is 7.09. The molecule has 0 atom stereocenters. The number of halogens is 2. The summed E-state index contributed by atoms with van der Waals surface area (Å²) >= 11 is 11.9. The van der Waals surface area contributed by atoms with Crippen molar-refractivity contribution in [2.45, 2.75) is 12.8 Å². The van der Waals surface area contributed by atoms with Crippen LogP contribution in [0.15, 0.2) is 41.0 Å². The number of nitrogens with one attached hydrogen (secondary N) is 1. The number of hydrogen-bond acceptors (Lipinski definition) is 5. The molecule has 2 amide bonds. The molecule has 2 heterocycles. The molecular weight excluding hydrogens is 407 g/mol. The second kappa shape index (κ2) is 9.12. The van der Waals surface area contributed by atoms with Gasteiger partial charge in [-0.15, -0.1) is 0 Å². The smallest absolute Gasteiger partial charge is 0.309 e. The van der Waals surface area contributed by atoms with Crippen LogP contribution in [0.1, 0.15) is 23.4 Å². The van der Waals surface area contributed by atoms with Crippen molar-refractivity contribution in [2.24, 2.45) is 5.92 Å². The van der Waals surface area contributed by atoms with Crippen molar-refractivity contribution >= 4 is 46.7 Å². The number of likely N-dealkylation sites (tertiary alicyclic amines) is 1. The maximum atomic E-state index is 12.2. The van der Waals surface area contributed by atoms with Crippen LogP contribution in [0.5, 0.6) is 0 Å². The van der Waals surface area contributed by atoms with Crippen molar-refractivity contribution in [3.05, 3.63) is 52.4 Å². The van der Waals surface area contributed by atoms with Gasteiger partial charge in [-0.1, -0.05) is 29.3 Å². The molecular formula is C19H18Cl2N2O5. The number of amides is 2. The molecule has 1 aliphatic rings. The molecule has 0 radical (unpaired) electrons. The molecule has 3 rings (SSSR count). The van der Waals surface area contributed by atoms with Crippen molar-refractivity contribution in [1.29, 1.82) is 0 Å². The number of rotatable bonds is 5. The van der Waals surface area contributed by atoms with Crippen molar-refractivity contribution in [2.75, 3.05) is 25.0 Å². The highest BCUT2D eigenvalue weighted by Crippen LogP contribution is 2.29. The number of carbonyl (C=O) groups excluding carboxylic acids is 3. The molecule has 1 aromatic heterocycles. The van der Waals surface area contributed by atoms with E-state index in [1.165, 1.54) is 6.26 Å². The summed E-state index contributed by atoms with van der Waals surface area (Å²) in [4.78, 5) is 38.0. The average molecular weight is 425 g/mol. The lowest BCUT2D eigenvalue weighted by atomic mass is 9.97. The lowest BCUT2D eigenvalue weighted by molar-refractivity contribution is -0.152. The molecule has 0 bridgehead atoms. The van der Waals surface area contributed by atoms with E-state index >= 15 is 0 Å². The first-order chi connectivity index (χ1) is 13.5. The molecule has 2 aromatic rings. The first-order valence-corrected chi connectivity index (χ1v) is 9.44. The number of esters is 1. The highest BCUT2D eigenvalue weighted by molar-refractivity contribution is 6.44. The Hall–Kier alpha value is -2.51. The first-order valence-electron chi connectivity index (χ1n) is 8.69. The fourth-order valence-electron chi connectivity index (χ4n) is 2.92. The molecule has 1 aliphatic heterocycles. The van der Waals surface area contributed by atoms with E-state index in [-0.39, 0.29) is 22.6 Å². The first kappa shape index (κ1) is 20.2. The Labute approximate surface area is 171 Å². The Bertz CT molecular complexity index is 861. The van der Waals surface area contributed by atoms with Crippen molar-refractivity contribution < 1.29 is 23.5 Å². The minimum absolute atomic E-state index is 0.199. The normalized spacial score (nSPS) is 14.6. The minimum atomic E-state index is -0.511. The number of furan rings is 1. The van der Waals surface area contributed by atoms with Crippen LogP contribution in [-0.4, -0.2) is 42.4 Å². The molecule has 0 saturated carbocycles. The summed E-state index contributed by atoms with van der Waals surface area (Å²) in [7, 11) is 0. The van der Waals surface area contributed by atoms with Crippen LogP contribution >= 0.6 is 23.2 Å². The van der Waals surface area contributed by atoms with Crippen LogP contribution in [0.4, 0.5) is 5.69 Å². The quantitative estimate of drug-likeness (QED) is 0.740. The third-order valence-electron chi connectivity index (χ3n) is 4.42. The molecule has 0 unspecified atom stereocenters. The fourth-order valence-corrected chi connectivity index (χ4v) is 3.26. The van der Waals surface area contributed by atoms with Gasteiger partial charge in [0.1, 0.15) is 0 Å². The van der Waals surface area contributed by atoms with Crippen LogP contribution in [0.25, 0.3) is 0 Å². The summed E-state index contributed by atoms with van der Waals surface area (Å²) in [5, 5.41) is 3.08. The van der Waals surface area contributed by atoms with Crippen LogP contribution in [0, 0.1) is 5.92 Å². The number of hydrogen-bond donors (Lipinski definition) is 1. The Balaban J connectivity index is 1.44. The average Bonchev–Trinajstić information content (AvgIpc) is 3.24. The molecule has 7 nitrogen and oxygen atoms in total. The number of anilines is 1. The predicted octanol–water partition coefficient (Wildman–Crippen LogP) is 3.62. The van der Waals surface area contributed by atoms with E-state index in [1.807, 2.05) is 0 Å². The van der Waals surface area contributed by atoms with Gasteiger partial charge in [-0.3, -0.25) is 14.4 Å². The molecule has 9 heteroatoms. The summed E-state index contributed by atoms with van der Waals surface area (Å²) < 4.78 is 10.2. The number of piperidine rings is 1. The van der Waals surface area contributed by atoms with Gasteiger partial charge in [0.15, 0.2) is 12.4 Å². The lowest BCUT2D eigenvalue weighted by Gasteiger charge is -2.30. The third-order valence-corrected chi connectivity index (χ3v) is 5.24.